The summed E-state index contributed by atoms with van der Waals surface area (Å²) in [5.74, 6) is -0.127. The van der Waals surface area contributed by atoms with E-state index in [0.29, 0.717) is 16.2 Å². The van der Waals surface area contributed by atoms with Gasteiger partial charge in [0.25, 0.3) is 5.91 Å². The minimum Gasteiger partial charge on any atom is -0.479 e. The van der Waals surface area contributed by atoms with Crippen molar-refractivity contribution >= 4 is 28.5 Å². The molecule has 0 bridgehead atoms. The summed E-state index contributed by atoms with van der Waals surface area (Å²) in [6, 6.07) is 12.4. The third-order valence-corrected chi connectivity index (χ3v) is 5.90. The fourth-order valence-corrected chi connectivity index (χ4v) is 4.12. The first kappa shape index (κ1) is 21.4. The minimum atomic E-state index is -0.859. The van der Waals surface area contributed by atoms with Crippen LogP contribution in [0.3, 0.4) is 0 Å². The van der Waals surface area contributed by atoms with E-state index in [2.05, 4.69) is 5.32 Å². The number of hydrogen-bond acceptors (Lipinski definition) is 5. The van der Waals surface area contributed by atoms with Gasteiger partial charge < -0.3 is 19.6 Å². The molecule has 3 aromatic rings. The number of rotatable bonds is 6. The van der Waals surface area contributed by atoms with Gasteiger partial charge in [0.2, 0.25) is 0 Å². The molecule has 0 aliphatic heterocycles. The molecule has 2 N–H and O–H groups in total. The van der Waals surface area contributed by atoms with Crippen LogP contribution in [-0.2, 0) is 17.6 Å². The maximum absolute atomic E-state index is 12.4. The van der Waals surface area contributed by atoms with Crippen LogP contribution in [0.15, 0.2) is 51.7 Å². The number of fused-ring (bicyclic) bond motifs is 3. The lowest BCUT2D eigenvalue weighted by molar-refractivity contribution is -0.127. The Morgan fingerprint density at radius 2 is 1.90 bits per heavy atom. The SMILES string of the molecule is C[C@@H](Oc1cc2oc(=O)c3c(c2cc1Cl)CCCC3)C(=O)NC[C@H](O)c1ccccc1. The van der Waals surface area contributed by atoms with Crippen molar-refractivity contribution in [3.05, 3.63) is 74.6 Å². The molecule has 0 spiro atoms. The summed E-state index contributed by atoms with van der Waals surface area (Å²) < 4.78 is 11.2. The molecule has 2 aromatic carbocycles. The summed E-state index contributed by atoms with van der Waals surface area (Å²) in [7, 11) is 0. The number of carbonyl (C=O) groups excluding carboxylic acids is 1. The lowest BCUT2D eigenvalue weighted by Gasteiger charge is -2.19. The normalized spacial score (nSPS) is 15.2. The van der Waals surface area contributed by atoms with Crippen LogP contribution in [0.5, 0.6) is 5.75 Å². The molecule has 4 rings (SSSR count). The molecule has 0 radical (unpaired) electrons. The first-order chi connectivity index (χ1) is 14.9. The largest absolute Gasteiger partial charge is 0.479 e. The van der Waals surface area contributed by atoms with Crippen molar-refractivity contribution in [2.75, 3.05) is 6.54 Å². The molecule has 31 heavy (non-hydrogen) atoms. The van der Waals surface area contributed by atoms with E-state index in [-0.39, 0.29) is 17.9 Å². The van der Waals surface area contributed by atoms with Gasteiger partial charge in [-0.1, -0.05) is 41.9 Å². The molecule has 0 unspecified atom stereocenters. The standard InChI is InChI=1S/C24H24ClNO5/c1-14(23(28)26-13-20(27)15-7-3-2-4-8-15)30-22-12-21-18(11-19(22)25)16-9-5-6-10-17(16)24(29)31-21/h2-4,7-8,11-12,14,20,27H,5-6,9-10,13H2,1H3,(H,26,28)/t14-,20+/m1/s1. The van der Waals surface area contributed by atoms with E-state index < -0.39 is 18.1 Å². The Hall–Kier alpha value is -2.83. The van der Waals surface area contributed by atoms with Crippen molar-refractivity contribution in [1.82, 2.24) is 5.32 Å². The van der Waals surface area contributed by atoms with Crippen molar-refractivity contribution < 1.29 is 19.1 Å². The maximum Gasteiger partial charge on any atom is 0.339 e. The van der Waals surface area contributed by atoms with Crippen molar-refractivity contribution in [1.29, 1.82) is 0 Å². The Morgan fingerprint density at radius 1 is 1.19 bits per heavy atom. The highest BCUT2D eigenvalue weighted by atomic mass is 35.5. The van der Waals surface area contributed by atoms with Gasteiger partial charge in [0, 0.05) is 23.6 Å². The van der Waals surface area contributed by atoms with Crippen LogP contribution < -0.4 is 15.7 Å². The lowest BCUT2D eigenvalue weighted by Crippen LogP contribution is -2.38. The highest BCUT2D eigenvalue weighted by Gasteiger charge is 2.22. The minimum absolute atomic E-state index is 0.0585. The van der Waals surface area contributed by atoms with Crippen LogP contribution in [0, 0.1) is 0 Å². The van der Waals surface area contributed by atoms with Crippen molar-refractivity contribution in [2.24, 2.45) is 0 Å². The Labute approximate surface area is 184 Å². The first-order valence-electron chi connectivity index (χ1n) is 10.4. The van der Waals surface area contributed by atoms with Gasteiger partial charge in [-0.15, -0.1) is 0 Å². The second kappa shape index (κ2) is 9.12. The molecule has 162 valence electrons. The van der Waals surface area contributed by atoms with Crippen LogP contribution in [0.25, 0.3) is 11.0 Å². The fourth-order valence-electron chi connectivity index (χ4n) is 3.91. The quantitative estimate of drug-likeness (QED) is 0.565. The molecule has 1 aliphatic rings. The van der Waals surface area contributed by atoms with E-state index in [4.69, 9.17) is 20.8 Å². The van der Waals surface area contributed by atoms with E-state index in [0.717, 1.165) is 42.2 Å². The summed E-state index contributed by atoms with van der Waals surface area (Å²) >= 11 is 6.43. The number of aliphatic hydroxyl groups is 1. The Balaban J connectivity index is 1.48. The molecule has 1 aromatic heterocycles. The zero-order valence-electron chi connectivity index (χ0n) is 17.2. The average Bonchev–Trinajstić information content (AvgIpc) is 2.79. The van der Waals surface area contributed by atoms with Crippen LogP contribution >= 0.6 is 11.6 Å². The number of amides is 1. The number of aliphatic hydroxyl groups excluding tert-OH is 1. The van der Waals surface area contributed by atoms with E-state index in [9.17, 15) is 14.7 Å². The van der Waals surface area contributed by atoms with Gasteiger partial charge >= 0.3 is 5.63 Å². The van der Waals surface area contributed by atoms with Crippen LogP contribution in [0.4, 0.5) is 0 Å². The van der Waals surface area contributed by atoms with Gasteiger partial charge in [-0.3, -0.25) is 4.79 Å². The van der Waals surface area contributed by atoms with E-state index in [1.165, 1.54) is 0 Å². The number of halogens is 1. The van der Waals surface area contributed by atoms with Crippen molar-refractivity contribution in [2.45, 2.75) is 44.8 Å². The Bertz CT molecular complexity index is 1160. The zero-order valence-corrected chi connectivity index (χ0v) is 17.9. The molecule has 0 saturated carbocycles. The summed E-state index contributed by atoms with van der Waals surface area (Å²) in [5, 5.41) is 14.0. The first-order valence-corrected chi connectivity index (χ1v) is 10.8. The molecule has 0 saturated heterocycles. The van der Waals surface area contributed by atoms with E-state index in [1.54, 1.807) is 31.2 Å². The third kappa shape index (κ3) is 4.60. The maximum atomic E-state index is 12.4. The molecule has 7 heteroatoms. The summed E-state index contributed by atoms with van der Waals surface area (Å²) in [5.41, 5.74) is 2.51. The number of aryl methyl sites for hydroxylation is 1. The highest BCUT2D eigenvalue weighted by Crippen LogP contribution is 2.34. The number of nitrogens with one attached hydrogen (secondary N) is 1. The molecule has 1 heterocycles. The van der Waals surface area contributed by atoms with Gasteiger partial charge in [0.15, 0.2) is 6.10 Å². The number of carbonyl (C=O) groups is 1. The van der Waals surface area contributed by atoms with Gasteiger partial charge in [-0.05, 0) is 49.8 Å². The molecular weight excluding hydrogens is 418 g/mol. The van der Waals surface area contributed by atoms with E-state index >= 15 is 0 Å². The Morgan fingerprint density at radius 3 is 2.65 bits per heavy atom. The average molecular weight is 442 g/mol. The van der Waals surface area contributed by atoms with Gasteiger partial charge in [0.05, 0.1) is 11.1 Å². The molecule has 1 aliphatic carbocycles. The van der Waals surface area contributed by atoms with Gasteiger partial charge in [-0.2, -0.15) is 0 Å². The number of benzene rings is 2. The van der Waals surface area contributed by atoms with Crippen LogP contribution in [0.2, 0.25) is 5.02 Å². The van der Waals surface area contributed by atoms with E-state index in [1.807, 2.05) is 18.2 Å². The van der Waals surface area contributed by atoms with Gasteiger partial charge in [0.1, 0.15) is 11.3 Å². The van der Waals surface area contributed by atoms with Crippen LogP contribution in [-0.4, -0.2) is 23.7 Å². The predicted molar refractivity (Wildman–Crippen MR) is 119 cm³/mol. The molecular formula is C24H24ClNO5. The molecule has 6 nitrogen and oxygen atoms in total. The highest BCUT2D eigenvalue weighted by molar-refractivity contribution is 6.32. The molecule has 1 amide bonds. The Kier molecular flexibility index (Phi) is 6.30. The fraction of sp³-hybridized carbons (Fsp3) is 0.333. The molecule has 2 atom stereocenters. The summed E-state index contributed by atoms with van der Waals surface area (Å²) in [4.78, 5) is 24.8. The predicted octanol–water partition coefficient (Wildman–Crippen LogP) is 3.94. The van der Waals surface area contributed by atoms with Crippen molar-refractivity contribution in [3.8, 4) is 5.75 Å². The smallest absolute Gasteiger partial charge is 0.339 e. The number of hydrogen-bond donors (Lipinski definition) is 2. The monoisotopic (exact) mass is 441 g/mol. The summed E-state index contributed by atoms with van der Waals surface area (Å²) in [6.45, 7) is 1.65. The van der Waals surface area contributed by atoms with Gasteiger partial charge in [-0.25, -0.2) is 4.79 Å². The third-order valence-electron chi connectivity index (χ3n) is 5.60. The second-order valence-corrected chi connectivity index (χ2v) is 8.17. The second-order valence-electron chi connectivity index (χ2n) is 7.76. The zero-order chi connectivity index (χ0) is 22.0. The summed E-state index contributed by atoms with van der Waals surface area (Å²) in [6.07, 6.45) is 1.85. The topological polar surface area (TPSA) is 88.8 Å². The molecule has 0 fully saturated rings. The number of ether oxygens (including phenoxy) is 1. The van der Waals surface area contributed by atoms with Crippen molar-refractivity contribution in [3.63, 3.8) is 0 Å². The lowest BCUT2D eigenvalue weighted by atomic mass is 9.90. The van der Waals surface area contributed by atoms with Crippen LogP contribution in [0.1, 0.15) is 42.6 Å².